The summed E-state index contributed by atoms with van der Waals surface area (Å²) in [4.78, 5) is 26.3. The van der Waals surface area contributed by atoms with Gasteiger partial charge in [0.2, 0.25) is 0 Å². The van der Waals surface area contributed by atoms with E-state index in [1.165, 1.54) is 128 Å². The van der Waals surface area contributed by atoms with Crippen molar-refractivity contribution in [3.05, 3.63) is 0 Å². The minimum atomic E-state index is -0.0678. The molecule has 50 heavy (non-hydrogen) atoms. The van der Waals surface area contributed by atoms with Gasteiger partial charge < -0.3 is 14.2 Å². The van der Waals surface area contributed by atoms with E-state index in [0.717, 1.165) is 71.0 Å². The average molecular weight is 709 g/mol. The second-order valence-corrected chi connectivity index (χ2v) is 15.6. The van der Waals surface area contributed by atoms with Crippen molar-refractivity contribution in [1.29, 1.82) is 0 Å². The monoisotopic (exact) mass is 709 g/mol. The van der Waals surface area contributed by atoms with Gasteiger partial charge in [-0.2, -0.15) is 0 Å². The summed E-state index contributed by atoms with van der Waals surface area (Å²) >= 11 is 0. The van der Waals surface area contributed by atoms with Gasteiger partial charge in [-0.05, 0) is 56.8 Å². The maximum absolute atomic E-state index is 13.2. The number of hydrogen-bond donors (Lipinski definition) is 0. The van der Waals surface area contributed by atoms with Crippen molar-refractivity contribution >= 4 is 11.9 Å². The van der Waals surface area contributed by atoms with Gasteiger partial charge in [0, 0.05) is 32.0 Å². The highest BCUT2D eigenvalue weighted by Gasteiger charge is 2.20. The molecule has 0 rings (SSSR count). The SMILES string of the molecule is CCCCCCCCC(CCCCCC)CC(=O)OCC(CCCCOCCCC)COC(=O)CC(CCCCCC)CCCCCCCC. The highest BCUT2D eigenvalue weighted by Crippen LogP contribution is 2.25. The van der Waals surface area contributed by atoms with Crippen LogP contribution >= 0.6 is 0 Å². The number of esters is 2. The van der Waals surface area contributed by atoms with Crippen LogP contribution in [0.2, 0.25) is 0 Å². The summed E-state index contributed by atoms with van der Waals surface area (Å²) in [6.07, 6.45) is 36.1. The Bertz CT molecular complexity index is 660. The molecule has 0 N–H and O–H groups in total. The predicted octanol–water partition coefficient (Wildman–Crippen LogP) is 14.1. The van der Waals surface area contributed by atoms with E-state index < -0.39 is 0 Å². The third-order valence-electron chi connectivity index (χ3n) is 10.5. The van der Waals surface area contributed by atoms with Gasteiger partial charge in [-0.15, -0.1) is 0 Å². The molecule has 0 fully saturated rings. The van der Waals surface area contributed by atoms with Crippen LogP contribution < -0.4 is 0 Å². The summed E-state index contributed by atoms with van der Waals surface area (Å²) in [7, 11) is 0. The lowest BCUT2D eigenvalue weighted by atomic mass is 9.91. The van der Waals surface area contributed by atoms with Crippen molar-refractivity contribution in [2.24, 2.45) is 17.8 Å². The Kier molecular flexibility index (Phi) is 38.3. The van der Waals surface area contributed by atoms with Crippen LogP contribution in [0.1, 0.15) is 234 Å². The largest absolute Gasteiger partial charge is 0.465 e. The van der Waals surface area contributed by atoms with Gasteiger partial charge in [-0.3, -0.25) is 9.59 Å². The van der Waals surface area contributed by atoms with E-state index in [4.69, 9.17) is 14.2 Å². The second kappa shape index (κ2) is 39.1. The molecule has 0 radical (unpaired) electrons. The zero-order valence-electron chi connectivity index (χ0n) is 34.5. The second-order valence-electron chi connectivity index (χ2n) is 15.6. The van der Waals surface area contributed by atoms with Crippen LogP contribution in [0.15, 0.2) is 0 Å². The summed E-state index contributed by atoms with van der Waals surface area (Å²) in [5.74, 6) is 0.746. The lowest BCUT2D eigenvalue weighted by Gasteiger charge is -2.21. The Morgan fingerprint density at radius 3 is 1.06 bits per heavy atom. The molecule has 2 unspecified atom stereocenters. The Morgan fingerprint density at radius 1 is 0.360 bits per heavy atom. The van der Waals surface area contributed by atoms with E-state index in [0.29, 0.717) is 37.9 Å². The van der Waals surface area contributed by atoms with E-state index >= 15 is 0 Å². The van der Waals surface area contributed by atoms with Crippen molar-refractivity contribution in [3.63, 3.8) is 0 Å². The first kappa shape index (κ1) is 48.9. The molecule has 0 amide bonds. The molecule has 0 aliphatic rings. The normalized spacial score (nSPS) is 13.3. The van der Waals surface area contributed by atoms with Gasteiger partial charge in [0.25, 0.3) is 0 Å². The summed E-state index contributed by atoms with van der Waals surface area (Å²) in [5.41, 5.74) is 0. The third kappa shape index (κ3) is 34.0. The maximum Gasteiger partial charge on any atom is 0.306 e. The summed E-state index contributed by atoms with van der Waals surface area (Å²) in [6, 6.07) is 0. The minimum absolute atomic E-state index is 0.0432. The minimum Gasteiger partial charge on any atom is -0.465 e. The third-order valence-corrected chi connectivity index (χ3v) is 10.5. The molecule has 0 aromatic carbocycles. The van der Waals surface area contributed by atoms with Gasteiger partial charge >= 0.3 is 11.9 Å². The van der Waals surface area contributed by atoms with E-state index in [1.54, 1.807) is 0 Å². The van der Waals surface area contributed by atoms with Crippen LogP contribution in [0, 0.1) is 17.8 Å². The van der Waals surface area contributed by atoms with E-state index in [1.807, 2.05) is 0 Å². The zero-order chi connectivity index (χ0) is 36.8. The van der Waals surface area contributed by atoms with Crippen LogP contribution in [0.5, 0.6) is 0 Å². The van der Waals surface area contributed by atoms with Crippen molar-refractivity contribution in [1.82, 2.24) is 0 Å². The van der Waals surface area contributed by atoms with Crippen LogP contribution in [0.4, 0.5) is 0 Å². The summed E-state index contributed by atoms with van der Waals surface area (Å²) < 4.78 is 17.7. The molecular formula is C45H88O5. The molecule has 0 saturated heterocycles. The highest BCUT2D eigenvalue weighted by atomic mass is 16.5. The van der Waals surface area contributed by atoms with Crippen LogP contribution in [0.3, 0.4) is 0 Å². The van der Waals surface area contributed by atoms with E-state index in [-0.39, 0.29) is 17.9 Å². The summed E-state index contributed by atoms with van der Waals surface area (Å²) in [6.45, 7) is 13.5. The standard InChI is InChI=1S/C45H88O5/c1-6-11-16-20-22-26-32-41(30-24-18-13-8-3)37-44(46)49-39-43(34-28-29-36-48-35-15-10-5)40-50-45(47)38-42(31-25-19-14-9-4)33-27-23-21-17-12-7-2/h41-43H,6-40H2,1-5H3. The van der Waals surface area contributed by atoms with Crippen molar-refractivity contribution < 1.29 is 23.8 Å². The molecule has 5 heteroatoms. The Balaban J connectivity index is 5.07. The van der Waals surface area contributed by atoms with Crippen molar-refractivity contribution in [3.8, 4) is 0 Å². The van der Waals surface area contributed by atoms with Crippen LogP contribution in [-0.4, -0.2) is 38.4 Å². The Hall–Kier alpha value is -1.10. The maximum atomic E-state index is 13.2. The Labute approximate surface area is 312 Å². The molecule has 0 aliphatic carbocycles. The number of carbonyl (C=O) groups is 2. The molecular weight excluding hydrogens is 620 g/mol. The number of ether oxygens (including phenoxy) is 3. The molecule has 2 atom stereocenters. The lowest BCUT2D eigenvalue weighted by Crippen LogP contribution is -2.23. The number of carbonyl (C=O) groups excluding carboxylic acids is 2. The van der Waals surface area contributed by atoms with Gasteiger partial charge in [-0.25, -0.2) is 0 Å². The van der Waals surface area contributed by atoms with Gasteiger partial charge in [0.15, 0.2) is 0 Å². The first-order valence-electron chi connectivity index (χ1n) is 22.4. The topological polar surface area (TPSA) is 61.8 Å². The fraction of sp³-hybridized carbons (Fsp3) is 0.956. The fourth-order valence-electron chi connectivity index (χ4n) is 7.05. The van der Waals surface area contributed by atoms with E-state index in [9.17, 15) is 9.59 Å². The smallest absolute Gasteiger partial charge is 0.306 e. The molecule has 0 bridgehead atoms. The first-order chi connectivity index (χ1) is 24.5. The van der Waals surface area contributed by atoms with Crippen molar-refractivity contribution in [2.75, 3.05) is 26.4 Å². The molecule has 0 saturated carbocycles. The van der Waals surface area contributed by atoms with Gasteiger partial charge in [-0.1, -0.05) is 176 Å². The molecule has 0 aromatic heterocycles. The molecule has 5 nitrogen and oxygen atoms in total. The molecule has 0 aromatic rings. The fourth-order valence-corrected chi connectivity index (χ4v) is 7.05. The lowest BCUT2D eigenvalue weighted by molar-refractivity contribution is -0.150. The quantitative estimate of drug-likeness (QED) is 0.0468. The van der Waals surface area contributed by atoms with Gasteiger partial charge in [0.1, 0.15) is 0 Å². The van der Waals surface area contributed by atoms with Gasteiger partial charge in [0.05, 0.1) is 13.2 Å². The molecule has 298 valence electrons. The predicted molar refractivity (Wildman–Crippen MR) is 215 cm³/mol. The van der Waals surface area contributed by atoms with Crippen LogP contribution in [0.25, 0.3) is 0 Å². The molecule has 0 spiro atoms. The molecule has 0 aliphatic heterocycles. The average Bonchev–Trinajstić information content (AvgIpc) is 3.11. The highest BCUT2D eigenvalue weighted by molar-refractivity contribution is 5.70. The first-order valence-corrected chi connectivity index (χ1v) is 22.4. The van der Waals surface area contributed by atoms with E-state index in [2.05, 4.69) is 34.6 Å². The summed E-state index contributed by atoms with van der Waals surface area (Å²) in [5, 5.41) is 0. The Morgan fingerprint density at radius 2 is 0.660 bits per heavy atom. The number of unbranched alkanes of at least 4 members (excludes halogenated alkanes) is 18. The van der Waals surface area contributed by atoms with Crippen molar-refractivity contribution in [2.45, 2.75) is 234 Å². The molecule has 0 heterocycles. The zero-order valence-corrected chi connectivity index (χ0v) is 34.5. The van der Waals surface area contributed by atoms with Crippen LogP contribution in [-0.2, 0) is 23.8 Å². The number of rotatable bonds is 40. The number of hydrogen-bond acceptors (Lipinski definition) is 5.